The first-order chi connectivity index (χ1) is 9.46. The molecule has 0 spiro atoms. The number of benzene rings is 2. The van der Waals surface area contributed by atoms with Gasteiger partial charge in [0.25, 0.3) is 0 Å². The van der Waals surface area contributed by atoms with Crippen molar-refractivity contribution in [3.8, 4) is 0 Å². The van der Waals surface area contributed by atoms with Crippen LogP contribution in [0.4, 0.5) is 4.39 Å². The molecule has 0 saturated heterocycles. The summed E-state index contributed by atoms with van der Waals surface area (Å²) in [6.07, 6.45) is 0. The predicted molar refractivity (Wildman–Crippen MR) is 76.8 cm³/mol. The molecule has 2 aromatic carbocycles. The molecule has 0 amide bonds. The fraction of sp³-hybridized carbons (Fsp3) is 0.143. The van der Waals surface area contributed by atoms with Crippen molar-refractivity contribution in [1.82, 2.24) is 0 Å². The van der Waals surface area contributed by atoms with E-state index in [-0.39, 0.29) is 17.0 Å². The summed E-state index contributed by atoms with van der Waals surface area (Å²) in [6.45, 7) is -0.202. The summed E-state index contributed by atoms with van der Waals surface area (Å²) in [4.78, 5) is 0.0700. The molecule has 2 rings (SSSR count). The molecule has 0 aliphatic carbocycles. The van der Waals surface area contributed by atoms with Crippen LogP contribution in [-0.2, 0) is 9.84 Å². The van der Waals surface area contributed by atoms with E-state index in [1.165, 1.54) is 42.5 Å². The van der Waals surface area contributed by atoms with Crippen LogP contribution in [0.3, 0.4) is 0 Å². The van der Waals surface area contributed by atoms with Gasteiger partial charge in [0.2, 0.25) is 0 Å². The predicted octanol–water partition coefficient (Wildman–Crippen LogP) is 2.95. The van der Waals surface area contributed by atoms with Gasteiger partial charge in [0.15, 0.2) is 9.84 Å². The number of halogens is 2. The summed E-state index contributed by atoms with van der Waals surface area (Å²) in [7, 11) is -3.77. The molecule has 0 radical (unpaired) electrons. The molecule has 0 aliphatic heterocycles. The number of hydrogen-bond donors (Lipinski definition) is 1. The lowest BCUT2D eigenvalue weighted by Gasteiger charge is -2.17. The van der Waals surface area contributed by atoms with Gasteiger partial charge in [-0.15, -0.1) is 0 Å². The van der Waals surface area contributed by atoms with Crippen molar-refractivity contribution in [2.75, 3.05) is 6.54 Å². The number of sulfone groups is 1. The number of hydrogen-bond acceptors (Lipinski definition) is 3. The van der Waals surface area contributed by atoms with Gasteiger partial charge in [0.1, 0.15) is 11.1 Å². The van der Waals surface area contributed by atoms with Crippen molar-refractivity contribution in [3.63, 3.8) is 0 Å². The molecule has 6 heteroatoms. The summed E-state index contributed by atoms with van der Waals surface area (Å²) in [5.41, 5.74) is 5.63. The molecule has 2 N–H and O–H groups in total. The van der Waals surface area contributed by atoms with E-state index in [1.807, 2.05) is 0 Å². The van der Waals surface area contributed by atoms with Gasteiger partial charge in [-0.05, 0) is 30.3 Å². The van der Waals surface area contributed by atoms with Gasteiger partial charge in [-0.1, -0.05) is 29.8 Å². The molecule has 0 heterocycles. The van der Waals surface area contributed by atoms with Crippen molar-refractivity contribution < 1.29 is 12.8 Å². The van der Waals surface area contributed by atoms with Gasteiger partial charge in [-0.25, -0.2) is 12.8 Å². The van der Waals surface area contributed by atoms with E-state index in [2.05, 4.69) is 0 Å². The van der Waals surface area contributed by atoms with Gasteiger partial charge in [0.05, 0.1) is 4.90 Å². The molecule has 2 aromatic rings. The zero-order valence-corrected chi connectivity index (χ0v) is 12.0. The molecule has 0 saturated carbocycles. The first-order valence-electron chi connectivity index (χ1n) is 5.91. The molecular formula is C14H13ClFNO2S. The van der Waals surface area contributed by atoms with Crippen LogP contribution >= 0.6 is 11.6 Å². The van der Waals surface area contributed by atoms with E-state index in [0.717, 1.165) is 0 Å². The molecule has 0 fully saturated rings. The summed E-state index contributed by atoms with van der Waals surface area (Å²) >= 11 is 5.74. The summed E-state index contributed by atoms with van der Waals surface area (Å²) < 4.78 is 38.9. The first kappa shape index (κ1) is 15.0. The fourth-order valence-electron chi connectivity index (χ4n) is 1.95. The normalized spacial score (nSPS) is 13.2. The molecule has 20 heavy (non-hydrogen) atoms. The van der Waals surface area contributed by atoms with Crippen LogP contribution in [0.25, 0.3) is 0 Å². The Labute approximate surface area is 122 Å². The maximum absolute atomic E-state index is 13.8. The lowest BCUT2D eigenvalue weighted by Crippen LogP contribution is -2.23. The van der Waals surface area contributed by atoms with Crippen LogP contribution in [0.2, 0.25) is 5.02 Å². The third-order valence-corrected chi connectivity index (χ3v) is 5.36. The molecule has 0 aliphatic rings. The quantitative estimate of drug-likeness (QED) is 0.944. The van der Waals surface area contributed by atoms with E-state index in [4.69, 9.17) is 17.3 Å². The summed E-state index contributed by atoms with van der Waals surface area (Å²) in [6, 6.07) is 11.5. The zero-order chi connectivity index (χ0) is 14.8. The van der Waals surface area contributed by atoms with Crippen molar-refractivity contribution in [2.45, 2.75) is 10.1 Å². The Morgan fingerprint density at radius 2 is 1.70 bits per heavy atom. The Bertz CT molecular complexity index is 701. The highest BCUT2D eigenvalue weighted by Crippen LogP contribution is 2.30. The standard InChI is InChI=1S/C14H13ClFNO2S/c15-10-5-7-11(8-6-10)20(18,19)14(9-17)12-3-1-2-4-13(12)16/h1-8,14H,9,17H2/t14-/m1/s1. The Balaban J connectivity index is 2.51. The van der Waals surface area contributed by atoms with E-state index < -0.39 is 20.9 Å². The molecule has 1 atom stereocenters. The minimum Gasteiger partial charge on any atom is -0.329 e. The van der Waals surface area contributed by atoms with E-state index in [0.29, 0.717) is 5.02 Å². The Morgan fingerprint density at radius 3 is 2.25 bits per heavy atom. The summed E-state index contributed by atoms with van der Waals surface area (Å²) in [5.74, 6) is -0.583. The second kappa shape index (κ2) is 5.91. The van der Waals surface area contributed by atoms with Crippen molar-refractivity contribution >= 4 is 21.4 Å². The lowest BCUT2D eigenvalue weighted by atomic mass is 10.1. The van der Waals surface area contributed by atoms with Crippen LogP contribution in [0.1, 0.15) is 10.8 Å². The third-order valence-electron chi connectivity index (χ3n) is 2.98. The van der Waals surface area contributed by atoms with Crippen molar-refractivity contribution in [1.29, 1.82) is 0 Å². The second-order valence-corrected chi connectivity index (χ2v) is 6.81. The van der Waals surface area contributed by atoms with Crippen LogP contribution in [0, 0.1) is 5.82 Å². The maximum Gasteiger partial charge on any atom is 0.186 e. The monoisotopic (exact) mass is 313 g/mol. The van der Waals surface area contributed by atoms with Crippen molar-refractivity contribution in [2.24, 2.45) is 5.73 Å². The highest BCUT2D eigenvalue weighted by atomic mass is 35.5. The Hall–Kier alpha value is -1.43. The third kappa shape index (κ3) is 2.85. The zero-order valence-electron chi connectivity index (χ0n) is 10.5. The number of nitrogens with two attached hydrogens (primary N) is 1. The van der Waals surface area contributed by atoms with Crippen LogP contribution in [-0.4, -0.2) is 15.0 Å². The molecule has 3 nitrogen and oxygen atoms in total. The lowest BCUT2D eigenvalue weighted by molar-refractivity contribution is 0.568. The molecule has 0 unspecified atom stereocenters. The highest BCUT2D eigenvalue weighted by Gasteiger charge is 2.29. The van der Waals surface area contributed by atoms with E-state index in [9.17, 15) is 12.8 Å². The second-order valence-electron chi connectivity index (χ2n) is 4.24. The maximum atomic E-state index is 13.8. The molecule has 0 aromatic heterocycles. The van der Waals surface area contributed by atoms with E-state index >= 15 is 0 Å². The van der Waals surface area contributed by atoms with E-state index in [1.54, 1.807) is 6.07 Å². The van der Waals surface area contributed by atoms with Crippen LogP contribution in [0.5, 0.6) is 0 Å². The largest absolute Gasteiger partial charge is 0.329 e. The SMILES string of the molecule is NC[C@H](c1ccccc1F)S(=O)(=O)c1ccc(Cl)cc1. The topological polar surface area (TPSA) is 60.2 Å². The molecule has 0 bridgehead atoms. The average Bonchev–Trinajstić information content (AvgIpc) is 2.42. The average molecular weight is 314 g/mol. The van der Waals surface area contributed by atoms with Crippen LogP contribution in [0.15, 0.2) is 53.4 Å². The minimum atomic E-state index is -3.77. The fourth-order valence-corrected chi connectivity index (χ4v) is 3.69. The smallest absolute Gasteiger partial charge is 0.186 e. The Kier molecular flexibility index (Phi) is 4.42. The van der Waals surface area contributed by atoms with Crippen LogP contribution < -0.4 is 5.73 Å². The van der Waals surface area contributed by atoms with Gasteiger partial charge >= 0.3 is 0 Å². The Morgan fingerprint density at radius 1 is 1.10 bits per heavy atom. The van der Waals surface area contributed by atoms with Crippen molar-refractivity contribution in [3.05, 3.63) is 64.9 Å². The molecule has 106 valence electrons. The number of rotatable bonds is 4. The van der Waals surface area contributed by atoms with Gasteiger partial charge < -0.3 is 5.73 Å². The first-order valence-corrected chi connectivity index (χ1v) is 7.83. The van der Waals surface area contributed by atoms with Gasteiger partial charge in [-0.3, -0.25) is 0 Å². The van der Waals surface area contributed by atoms with Gasteiger partial charge in [0, 0.05) is 17.1 Å². The summed E-state index contributed by atoms with van der Waals surface area (Å²) in [5, 5.41) is -0.691. The minimum absolute atomic E-state index is 0.0700. The highest BCUT2D eigenvalue weighted by molar-refractivity contribution is 7.91. The molecular weight excluding hydrogens is 301 g/mol. The van der Waals surface area contributed by atoms with Gasteiger partial charge in [-0.2, -0.15) is 0 Å².